The summed E-state index contributed by atoms with van der Waals surface area (Å²) < 4.78 is 2.15. The third-order valence-electron chi connectivity index (χ3n) is 5.20. The topological polar surface area (TPSA) is 28.5 Å². The van der Waals surface area contributed by atoms with Crippen molar-refractivity contribution in [2.24, 2.45) is 0 Å². The number of hydrogen-bond donors (Lipinski definition) is 0. The van der Waals surface area contributed by atoms with Gasteiger partial charge in [-0.25, -0.2) is 0 Å². The van der Waals surface area contributed by atoms with Crippen molar-refractivity contribution in [3.8, 4) is 0 Å². The highest BCUT2D eigenvalue weighted by atomic mass is 32.1. The first-order chi connectivity index (χ1) is 13.3. The van der Waals surface area contributed by atoms with Crippen molar-refractivity contribution in [1.82, 2.24) is 14.4 Å². The van der Waals surface area contributed by atoms with Crippen molar-refractivity contribution in [1.29, 1.82) is 0 Å². The molecule has 1 fully saturated rings. The minimum absolute atomic E-state index is 0.0925. The van der Waals surface area contributed by atoms with Crippen LogP contribution in [0.4, 0.5) is 0 Å². The van der Waals surface area contributed by atoms with E-state index in [1.54, 1.807) is 11.3 Å². The number of piperazine rings is 1. The van der Waals surface area contributed by atoms with Crippen LogP contribution in [0.5, 0.6) is 0 Å². The standard InChI is InChI=1S/C22H25N3OS/c26-22(17-20(21-9-6-16-27-21)24-10-4-5-11-24)25-14-12-23(13-15-25)18-19-7-2-1-3-8-19/h1-11,16,20H,12-15,17-18H2. The Morgan fingerprint density at radius 2 is 1.67 bits per heavy atom. The summed E-state index contributed by atoms with van der Waals surface area (Å²) in [5.41, 5.74) is 1.34. The quantitative estimate of drug-likeness (QED) is 0.650. The van der Waals surface area contributed by atoms with Gasteiger partial charge in [-0.1, -0.05) is 36.4 Å². The Morgan fingerprint density at radius 1 is 0.926 bits per heavy atom. The molecule has 27 heavy (non-hydrogen) atoms. The number of carbonyl (C=O) groups excluding carboxylic acids is 1. The van der Waals surface area contributed by atoms with Crippen molar-refractivity contribution in [3.63, 3.8) is 0 Å². The lowest BCUT2D eigenvalue weighted by Crippen LogP contribution is -2.48. The molecule has 140 valence electrons. The molecule has 0 spiro atoms. The van der Waals surface area contributed by atoms with Gasteiger partial charge in [0.15, 0.2) is 0 Å². The minimum atomic E-state index is 0.0925. The van der Waals surface area contributed by atoms with Crippen LogP contribution in [0.2, 0.25) is 0 Å². The second-order valence-electron chi connectivity index (χ2n) is 7.01. The zero-order valence-corrected chi connectivity index (χ0v) is 16.2. The van der Waals surface area contributed by atoms with E-state index < -0.39 is 0 Å². The van der Waals surface area contributed by atoms with Crippen LogP contribution < -0.4 is 0 Å². The number of aromatic nitrogens is 1. The van der Waals surface area contributed by atoms with Crippen LogP contribution >= 0.6 is 11.3 Å². The van der Waals surface area contributed by atoms with E-state index in [2.05, 4.69) is 69.7 Å². The summed E-state index contributed by atoms with van der Waals surface area (Å²) in [5, 5.41) is 2.08. The lowest BCUT2D eigenvalue weighted by atomic mass is 10.1. The van der Waals surface area contributed by atoms with Gasteiger partial charge in [0.25, 0.3) is 0 Å². The monoisotopic (exact) mass is 379 g/mol. The average molecular weight is 380 g/mol. The van der Waals surface area contributed by atoms with Gasteiger partial charge in [0.05, 0.1) is 12.5 Å². The highest BCUT2D eigenvalue weighted by molar-refractivity contribution is 7.10. The molecule has 0 bridgehead atoms. The van der Waals surface area contributed by atoms with Crippen molar-refractivity contribution in [2.75, 3.05) is 26.2 Å². The number of rotatable bonds is 6. The molecule has 1 amide bonds. The summed E-state index contributed by atoms with van der Waals surface area (Å²) in [6, 6.07) is 18.9. The molecule has 3 heterocycles. The van der Waals surface area contributed by atoms with E-state index in [1.807, 2.05) is 17.0 Å². The Morgan fingerprint density at radius 3 is 2.33 bits per heavy atom. The lowest BCUT2D eigenvalue weighted by molar-refractivity contribution is -0.133. The average Bonchev–Trinajstić information content (AvgIpc) is 3.42. The third-order valence-corrected chi connectivity index (χ3v) is 6.17. The fraction of sp³-hybridized carbons (Fsp3) is 0.318. The van der Waals surface area contributed by atoms with Gasteiger partial charge in [0.2, 0.25) is 5.91 Å². The molecule has 4 rings (SSSR count). The Kier molecular flexibility index (Phi) is 5.70. The Hall–Kier alpha value is -2.37. The first kappa shape index (κ1) is 18.0. The molecular formula is C22H25N3OS. The Labute approximate surface area is 164 Å². The molecule has 1 unspecified atom stereocenters. The SMILES string of the molecule is O=C(CC(c1cccs1)n1cccc1)N1CCN(Cc2ccccc2)CC1. The number of hydrogen-bond acceptors (Lipinski definition) is 3. The molecular weight excluding hydrogens is 354 g/mol. The van der Waals surface area contributed by atoms with Gasteiger partial charge >= 0.3 is 0 Å². The summed E-state index contributed by atoms with van der Waals surface area (Å²) in [7, 11) is 0. The molecule has 1 atom stereocenters. The van der Waals surface area contributed by atoms with Crippen LogP contribution in [0.25, 0.3) is 0 Å². The van der Waals surface area contributed by atoms with Crippen LogP contribution in [0, 0.1) is 0 Å². The zero-order chi connectivity index (χ0) is 18.5. The second kappa shape index (κ2) is 8.55. The Bertz CT molecular complexity index is 788. The van der Waals surface area contributed by atoms with Crippen LogP contribution in [0.3, 0.4) is 0 Å². The van der Waals surface area contributed by atoms with Gasteiger partial charge in [0.1, 0.15) is 0 Å². The van der Waals surface area contributed by atoms with Crippen molar-refractivity contribution in [2.45, 2.75) is 19.0 Å². The largest absolute Gasteiger partial charge is 0.346 e. The molecule has 3 aromatic rings. The maximum absolute atomic E-state index is 13.0. The smallest absolute Gasteiger partial charge is 0.225 e. The van der Waals surface area contributed by atoms with E-state index in [0.717, 1.165) is 32.7 Å². The summed E-state index contributed by atoms with van der Waals surface area (Å²) in [6.45, 7) is 4.47. The van der Waals surface area contributed by atoms with E-state index in [4.69, 9.17) is 0 Å². The van der Waals surface area contributed by atoms with Crippen LogP contribution in [-0.2, 0) is 11.3 Å². The van der Waals surface area contributed by atoms with Crippen LogP contribution in [0.1, 0.15) is 22.9 Å². The van der Waals surface area contributed by atoms with Crippen molar-refractivity contribution < 1.29 is 4.79 Å². The molecule has 1 aromatic carbocycles. The highest BCUT2D eigenvalue weighted by Crippen LogP contribution is 2.27. The molecule has 5 heteroatoms. The normalized spacial score (nSPS) is 16.4. The molecule has 2 aromatic heterocycles. The summed E-state index contributed by atoms with van der Waals surface area (Å²) in [6.07, 6.45) is 4.62. The molecule has 0 saturated carbocycles. The van der Waals surface area contributed by atoms with Gasteiger partial charge in [-0.15, -0.1) is 11.3 Å². The first-order valence-electron chi connectivity index (χ1n) is 9.49. The van der Waals surface area contributed by atoms with E-state index >= 15 is 0 Å². The number of benzene rings is 1. The predicted octanol–water partition coefficient (Wildman–Crippen LogP) is 3.87. The molecule has 1 aliphatic rings. The van der Waals surface area contributed by atoms with E-state index in [9.17, 15) is 4.79 Å². The molecule has 0 aliphatic carbocycles. The van der Waals surface area contributed by atoms with E-state index in [0.29, 0.717) is 6.42 Å². The molecule has 0 N–H and O–H groups in total. The number of carbonyl (C=O) groups is 1. The van der Waals surface area contributed by atoms with Crippen LogP contribution in [0.15, 0.2) is 72.4 Å². The van der Waals surface area contributed by atoms with Gasteiger partial charge in [-0.05, 0) is 29.1 Å². The van der Waals surface area contributed by atoms with E-state index in [1.165, 1.54) is 10.4 Å². The van der Waals surface area contributed by atoms with Crippen molar-refractivity contribution in [3.05, 3.63) is 82.8 Å². The second-order valence-corrected chi connectivity index (χ2v) is 7.99. The van der Waals surface area contributed by atoms with Gasteiger partial charge in [-0.2, -0.15) is 0 Å². The maximum atomic E-state index is 13.0. The highest BCUT2D eigenvalue weighted by Gasteiger charge is 2.25. The zero-order valence-electron chi connectivity index (χ0n) is 15.4. The summed E-state index contributed by atoms with van der Waals surface area (Å²) in [5.74, 6) is 0.251. The predicted molar refractivity (Wildman–Crippen MR) is 110 cm³/mol. The lowest BCUT2D eigenvalue weighted by Gasteiger charge is -2.35. The molecule has 0 radical (unpaired) electrons. The fourth-order valence-corrected chi connectivity index (χ4v) is 4.51. The Balaban J connectivity index is 1.35. The van der Waals surface area contributed by atoms with Gasteiger partial charge in [-0.3, -0.25) is 9.69 Å². The first-order valence-corrected chi connectivity index (χ1v) is 10.4. The third kappa shape index (κ3) is 4.49. The molecule has 1 saturated heterocycles. The minimum Gasteiger partial charge on any atom is -0.346 e. The molecule has 1 aliphatic heterocycles. The summed E-state index contributed by atoms with van der Waals surface area (Å²) >= 11 is 1.72. The maximum Gasteiger partial charge on any atom is 0.225 e. The van der Waals surface area contributed by atoms with E-state index in [-0.39, 0.29) is 11.9 Å². The van der Waals surface area contributed by atoms with Crippen molar-refractivity contribution >= 4 is 17.2 Å². The van der Waals surface area contributed by atoms with Gasteiger partial charge < -0.3 is 9.47 Å². The van der Waals surface area contributed by atoms with Crippen LogP contribution in [-0.4, -0.2) is 46.5 Å². The fourth-order valence-electron chi connectivity index (χ4n) is 3.68. The number of amides is 1. The summed E-state index contributed by atoms with van der Waals surface area (Å²) in [4.78, 5) is 18.7. The van der Waals surface area contributed by atoms with Gasteiger partial charge in [0, 0.05) is 50.0 Å². The number of thiophene rings is 1. The molecule has 4 nitrogen and oxygen atoms in total. The number of nitrogens with zero attached hydrogens (tertiary/aromatic N) is 3.